The summed E-state index contributed by atoms with van der Waals surface area (Å²) >= 11 is 1.48. The van der Waals surface area contributed by atoms with E-state index >= 15 is 0 Å². The standard InChI is InChI=1S/C13H17N7S/c1-9(2)14-8-10-12(21-13-16-17-18-19(13)3)15-11-6-4-5-7-20(10)11/h4-7,9,14H,8H2,1-3H3. The molecule has 0 aromatic carbocycles. The highest BCUT2D eigenvalue weighted by Crippen LogP contribution is 2.28. The molecule has 8 heteroatoms. The van der Waals surface area contributed by atoms with Crippen LogP contribution in [-0.2, 0) is 13.6 Å². The van der Waals surface area contributed by atoms with Gasteiger partial charge >= 0.3 is 0 Å². The smallest absolute Gasteiger partial charge is 0.215 e. The summed E-state index contributed by atoms with van der Waals surface area (Å²) in [5.74, 6) is 0. The fourth-order valence-electron chi connectivity index (χ4n) is 1.96. The van der Waals surface area contributed by atoms with Crippen molar-refractivity contribution in [3.63, 3.8) is 0 Å². The summed E-state index contributed by atoms with van der Waals surface area (Å²) < 4.78 is 3.75. The number of imidazole rings is 1. The molecule has 0 unspecified atom stereocenters. The third-order valence-electron chi connectivity index (χ3n) is 3.04. The van der Waals surface area contributed by atoms with Gasteiger partial charge in [-0.05, 0) is 34.3 Å². The summed E-state index contributed by atoms with van der Waals surface area (Å²) in [6.07, 6.45) is 2.03. The van der Waals surface area contributed by atoms with Crippen LogP contribution in [0.5, 0.6) is 0 Å². The summed E-state index contributed by atoms with van der Waals surface area (Å²) in [7, 11) is 1.82. The molecule has 0 amide bonds. The molecule has 0 aliphatic rings. The Hall–Kier alpha value is -1.93. The Balaban J connectivity index is 1.99. The number of aromatic nitrogens is 6. The van der Waals surface area contributed by atoms with Crippen LogP contribution in [0.1, 0.15) is 19.5 Å². The molecule has 0 fully saturated rings. The van der Waals surface area contributed by atoms with Crippen LogP contribution in [0, 0.1) is 0 Å². The predicted molar refractivity (Wildman–Crippen MR) is 80.1 cm³/mol. The summed E-state index contributed by atoms with van der Waals surface area (Å²) in [6.45, 7) is 5.00. The van der Waals surface area contributed by atoms with Gasteiger partial charge in [-0.25, -0.2) is 9.67 Å². The van der Waals surface area contributed by atoms with Gasteiger partial charge in [0, 0.05) is 25.8 Å². The third-order valence-corrected chi connectivity index (χ3v) is 4.09. The SMILES string of the molecule is CC(C)NCc1c(Sc2nnnn2C)nc2ccccn12. The third kappa shape index (κ3) is 2.91. The van der Waals surface area contributed by atoms with Crippen LogP contribution in [0.3, 0.4) is 0 Å². The van der Waals surface area contributed by atoms with E-state index in [0.717, 1.165) is 28.1 Å². The second kappa shape index (κ2) is 5.82. The molecule has 0 bridgehead atoms. The number of rotatable bonds is 5. The Bertz CT molecular complexity index is 746. The molecule has 0 aliphatic heterocycles. The molecule has 0 radical (unpaired) electrons. The number of hydrogen-bond acceptors (Lipinski definition) is 6. The number of fused-ring (bicyclic) bond motifs is 1. The summed E-state index contributed by atoms with van der Waals surface area (Å²) in [5.41, 5.74) is 2.04. The van der Waals surface area contributed by atoms with Crippen LogP contribution in [-0.4, -0.2) is 35.6 Å². The summed E-state index contributed by atoms with van der Waals surface area (Å²) in [4.78, 5) is 4.68. The molecule has 0 atom stereocenters. The second-order valence-corrected chi connectivity index (χ2v) is 5.97. The molecule has 0 saturated carbocycles. The van der Waals surface area contributed by atoms with Crippen molar-refractivity contribution in [1.29, 1.82) is 0 Å². The van der Waals surface area contributed by atoms with E-state index < -0.39 is 0 Å². The van der Waals surface area contributed by atoms with Gasteiger partial charge in [0.25, 0.3) is 0 Å². The zero-order chi connectivity index (χ0) is 14.8. The maximum atomic E-state index is 4.68. The minimum Gasteiger partial charge on any atom is -0.309 e. The molecule has 0 spiro atoms. The van der Waals surface area contributed by atoms with E-state index in [-0.39, 0.29) is 0 Å². The van der Waals surface area contributed by atoms with Crippen molar-refractivity contribution in [3.8, 4) is 0 Å². The number of tetrazole rings is 1. The lowest BCUT2D eigenvalue weighted by Crippen LogP contribution is -2.23. The van der Waals surface area contributed by atoms with E-state index in [4.69, 9.17) is 0 Å². The molecule has 0 aliphatic carbocycles. The molecule has 3 aromatic rings. The van der Waals surface area contributed by atoms with Crippen molar-refractivity contribution >= 4 is 17.4 Å². The van der Waals surface area contributed by atoms with Crippen molar-refractivity contribution in [2.24, 2.45) is 7.05 Å². The molecule has 7 nitrogen and oxygen atoms in total. The molecule has 0 saturated heterocycles. The number of nitrogens with zero attached hydrogens (tertiary/aromatic N) is 6. The van der Waals surface area contributed by atoms with Gasteiger partial charge in [0.15, 0.2) is 0 Å². The van der Waals surface area contributed by atoms with Gasteiger partial charge in [-0.2, -0.15) is 0 Å². The van der Waals surface area contributed by atoms with Gasteiger partial charge in [-0.1, -0.05) is 19.9 Å². The Morgan fingerprint density at radius 2 is 2.19 bits per heavy atom. The van der Waals surface area contributed by atoms with Crippen LogP contribution < -0.4 is 5.32 Å². The van der Waals surface area contributed by atoms with Gasteiger partial charge in [-0.3, -0.25) is 0 Å². The van der Waals surface area contributed by atoms with E-state index in [1.165, 1.54) is 11.8 Å². The lowest BCUT2D eigenvalue weighted by atomic mass is 10.3. The van der Waals surface area contributed by atoms with Crippen molar-refractivity contribution in [3.05, 3.63) is 30.1 Å². The molecule has 3 aromatic heterocycles. The maximum absolute atomic E-state index is 4.68. The monoisotopic (exact) mass is 303 g/mol. The first-order valence-electron chi connectivity index (χ1n) is 6.74. The second-order valence-electron chi connectivity index (χ2n) is 5.02. The molecule has 3 heterocycles. The minimum absolute atomic E-state index is 0.411. The van der Waals surface area contributed by atoms with Crippen LogP contribution in [0.25, 0.3) is 5.65 Å². The van der Waals surface area contributed by atoms with E-state index in [2.05, 4.69) is 44.1 Å². The zero-order valence-electron chi connectivity index (χ0n) is 12.2. The van der Waals surface area contributed by atoms with Gasteiger partial charge in [-0.15, -0.1) is 5.10 Å². The first-order valence-corrected chi connectivity index (χ1v) is 7.56. The van der Waals surface area contributed by atoms with Crippen molar-refractivity contribution in [1.82, 2.24) is 34.9 Å². The summed E-state index contributed by atoms with van der Waals surface area (Å²) in [6, 6.07) is 6.40. The maximum Gasteiger partial charge on any atom is 0.215 e. The lowest BCUT2D eigenvalue weighted by molar-refractivity contribution is 0.574. The summed E-state index contributed by atoms with van der Waals surface area (Å²) in [5, 5.41) is 16.6. The lowest BCUT2D eigenvalue weighted by Gasteiger charge is -2.09. The van der Waals surface area contributed by atoms with Crippen molar-refractivity contribution in [2.75, 3.05) is 0 Å². The quantitative estimate of drug-likeness (QED) is 0.770. The number of pyridine rings is 1. The highest BCUT2D eigenvalue weighted by Gasteiger charge is 2.16. The van der Waals surface area contributed by atoms with Crippen LogP contribution in [0.4, 0.5) is 0 Å². The van der Waals surface area contributed by atoms with Gasteiger partial charge in [0.1, 0.15) is 10.7 Å². The van der Waals surface area contributed by atoms with Crippen LogP contribution in [0.2, 0.25) is 0 Å². The van der Waals surface area contributed by atoms with E-state index in [1.54, 1.807) is 4.68 Å². The average molecular weight is 303 g/mol. The van der Waals surface area contributed by atoms with E-state index in [1.807, 2.05) is 31.4 Å². The molecular weight excluding hydrogens is 286 g/mol. The van der Waals surface area contributed by atoms with Gasteiger partial charge in [0.2, 0.25) is 5.16 Å². The van der Waals surface area contributed by atoms with Crippen molar-refractivity contribution < 1.29 is 0 Å². The van der Waals surface area contributed by atoms with Crippen molar-refractivity contribution in [2.45, 2.75) is 36.6 Å². The Labute approximate surface area is 126 Å². The predicted octanol–water partition coefficient (Wildman–Crippen LogP) is 1.51. The molecule has 110 valence electrons. The highest BCUT2D eigenvalue weighted by atomic mass is 32.2. The number of hydrogen-bond donors (Lipinski definition) is 1. The van der Waals surface area contributed by atoms with E-state index in [9.17, 15) is 0 Å². The molecule has 3 rings (SSSR count). The largest absolute Gasteiger partial charge is 0.309 e. The fraction of sp³-hybridized carbons (Fsp3) is 0.385. The van der Waals surface area contributed by atoms with E-state index in [0.29, 0.717) is 6.04 Å². The van der Waals surface area contributed by atoms with Gasteiger partial charge < -0.3 is 9.72 Å². The normalized spacial score (nSPS) is 11.6. The first-order chi connectivity index (χ1) is 10.1. The zero-order valence-corrected chi connectivity index (χ0v) is 13.0. The topological polar surface area (TPSA) is 72.9 Å². The van der Waals surface area contributed by atoms with Crippen LogP contribution in [0.15, 0.2) is 34.6 Å². The fourth-order valence-corrected chi connectivity index (χ4v) is 2.81. The number of aryl methyl sites for hydroxylation is 1. The molecule has 21 heavy (non-hydrogen) atoms. The Morgan fingerprint density at radius 3 is 2.90 bits per heavy atom. The molecule has 1 N–H and O–H groups in total. The minimum atomic E-state index is 0.411. The Morgan fingerprint density at radius 1 is 1.33 bits per heavy atom. The molecular formula is C13H17N7S. The Kier molecular flexibility index (Phi) is 3.89. The first kappa shape index (κ1) is 14.0. The van der Waals surface area contributed by atoms with Gasteiger partial charge in [0.05, 0.1) is 5.69 Å². The number of nitrogens with one attached hydrogen (secondary N) is 1. The highest BCUT2D eigenvalue weighted by molar-refractivity contribution is 7.99. The van der Waals surface area contributed by atoms with Crippen LogP contribution >= 0.6 is 11.8 Å². The average Bonchev–Trinajstić information content (AvgIpc) is 3.01.